The third-order valence-electron chi connectivity index (χ3n) is 4.11. The second-order valence-electron chi connectivity index (χ2n) is 5.55. The predicted molar refractivity (Wildman–Crippen MR) is 72.2 cm³/mol. The average molecular weight is 264 g/mol. The van der Waals surface area contributed by atoms with Gasteiger partial charge in [0.2, 0.25) is 0 Å². The van der Waals surface area contributed by atoms with Crippen LogP contribution in [0.2, 0.25) is 0 Å². The van der Waals surface area contributed by atoms with Gasteiger partial charge in [0.05, 0.1) is 5.52 Å². The summed E-state index contributed by atoms with van der Waals surface area (Å²) in [6.45, 7) is 6.41. The molecule has 0 aliphatic carbocycles. The highest BCUT2D eigenvalue weighted by atomic mass is 19.2. The molecule has 1 aromatic heterocycles. The zero-order valence-electron chi connectivity index (χ0n) is 11.2. The Balaban J connectivity index is 1.97. The van der Waals surface area contributed by atoms with Crippen molar-refractivity contribution in [3.8, 4) is 0 Å². The average Bonchev–Trinajstić information content (AvgIpc) is 2.99. The summed E-state index contributed by atoms with van der Waals surface area (Å²) in [5, 5.41) is 0.378. The number of nitrogens with zero attached hydrogens (tertiary/aromatic N) is 2. The lowest BCUT2D eigenvalue weighted by atomic mass is 10.2. The molecule has 0 N–H and O–H groups in total. The van der Waals surface area contributed by atoms with Gasteiger partial charge < -0.3 is 4.57 Å². The Kier molecular flexibility index (Phi) is 3.05. The van der Waals surface area contributed by atoms with Gasteiger partial charge in [0.15, 0.2) is 11.6 Å². The normalized spacial score (nSPS) is 20.8. The lowest BCUT2D eigenvalue weighted by Crippen LogP contribution is -2.28. The van der Waals surface area contributed by atoms with Crippen LogP contribution in [0.15, 0.2) is 24.4 Å². The standard InChI is InChI=1S/C15H18F2N2/c1-10(2)18-7-5-11(9-18)19-8-6-12-14(19)4-3-13(16)15(12)17/h3-4,6,8,10-11H,5,7,9H2,1-2H3. The van der Waals surface area contributed by atoms with Crippen molar-refractivity contribution in [1.82, 2.24) is 9.47 Å². The van der Waals surface area contributed by atoms with Gasteiger partial charge in [-0.1, -0.05) is 0 Å². The summed E-state index contributed by atoms with van der Waals surface area (Å²) in [6.07, 6.45) is 2.93. The van der Waals surface area contributed by atoms with E-state index in [1.165, 1.54) is 6.07 Å². The van der Waals surface area contributed by atoms with E-state index in [1.807, 2.05) is 6.20 Å². The molecule has 2 heterocycles. The van der Waals surface area contributed by atoms with Crippen LogP contribution < -0.4 is 0 Å². The lowest BCUT2D eigenvalue weighted by Gasteiger charge is -2.21. The van der Waals surface area contributed by atoms with Crippen molar-refractivity contribution >= 4 is 10.9 Å². The molecule has 102 valence electrons. The van der Waals surface area contributed by atoms with Gasteiger partial charge in [0.25, 0.3) is 0 Å². The maximum absolute atomic E-state index is 13.7. The molecule has 1 saturated heterocycles. The molecule has 1 fully saturated rings. The third kappa shape index (κ3) is 2.04. The van der Waals surface area contributed by atoms with Gasteiger partial charge in [-0.25, -0.2) is 8.78 Å². The molecule has 0 spiro atoms. The minimum atomic E-state index is -0.777. The first-order chi connectivity index (χ1) is 9.08. The second-order valence-corrected chi connectivity index (χ2v) is 5.55. The van der Waals surface area contributed by atoms with Gasteiger partial charge in [0, 0.05) is 36.8 Å². The fraction of sp³-hybridized carbons (Fsp3) is 0.467. The van der Waals surface area contributed by atoms with E-state index in [2.05, 4.69) is 23.3 Å². The van der Waals surface area contributed by atoms with Gasteiger partial charge >= 0.3 is 0 Å². The molecule has 0 amide bonds. The quantitative estimate of drug-likeness (QED) is 0.805. The molecule has 1 aromatic carbocycles. The molecule has 0 saturated carbocycles. The first-order valence-corrected chi connectivity index (χ1v) is 6.76. The molecule has 1 unspecified atom stereocenters. The highest BCUT2D eigenvalue weighted by Crippen LogP contribution is 2.29. The highest BCUT2D eigenvalue weighted by molar-refractivity contribution is 5.81. The Morgan fingerprint density at radius 1 is 1.21 bits per heavy atom. The first-order valence-electron chi connectivity index (χ1n) is 6.76. The molecule has 0 radical (unpaired) electrons. The van der Waals surface area contributed by atoms with Crippen molar-refractivity contribution in [2.75, 3.05) is 13.1 Å². The Morgan fingerprint density at radius 2 is 2.00 bits per heavy atom. The monoisotopic (exact) mass is 264 g/mol. The minimum absolute atomic E-state index is 0.352. The molecular formula is C15H18F2N2. The smallest absolute Gasteiger partial charge is 0.168 e. The van der Waals surface area contributed by atoms with Crippen LogP contribution in [0.5, 0.6) is 0 Å². The Hall–Kier alpha value is -1.42. The summed E-state index contributed by atoms with van der Waals surface area (Å²) in [4.78, 5) is 2.41. The van der Waals surface area contributed by atoms with E-state index in [0.717, 1.165) is 25.0 Å². The second kappa shape index (κ2) is 4.60. The van der Waals surface area contributed by atoms with E-state index >= 15 is 0 Å². The van der Waals surface area contributed by atoms with Crippen molar-refractivity contribution in [3.63, 3.8) is 0 Å². The van der Waals surface area contributed by atoms with Crippen LogP contribution in [0.3, 0.4) is 0 Å². The summed E-state index contributed by atoms with van der Waals surface area (Å²) in [5.41, 5.74) is 0.787. The van der Waals surface area contributed by atoms with Crippen molar-refractivity contribution < 1.29 is 8.78 Å². The third-order valence-corrected chi connectivity index (χ3v) is 4.11. The van der Waals surface area contributed by atoms with Crippen LogP contribution in [0.25, 0.3) is 10.9 Å². The first kappa shape index (κ1) is 12.6. The van der Waals surface area contributed by atoms with Crippen LogP contribution in [-0.2, 0) is 0 Å². The van der Waals surface area contributed by atoms with Gasteiger partial charge in [-0.2, -0.15) is 0 Å². The summed E-state index contributed by atoms with van der Waals surface area (Å²) in [5.74, 6) is -1.52. The largest absolute Gasteiger partial charge is 0.343 e. The molecular weight excluding hydrogens is 246 g/mol. The Morgan fingerprint density at radius 3 is 2.68 bits per heavy atom. The topological polar surface area (TPSA) is 8.17 Å². The number of likely N-dealkylation sites (tertiary alicyclic amines) is 1. The van der Waals surface area contributed by atoms with Crippen molar-refractivity contribution in [2.24, 2.45) is 0 Å². The number of aromatic nitrogens is 1. The molecule has 3 rings (SSSR count). The molecule has 4 heteroatoms. The highest BCUT2D eigenvalue weighted by Gasteiger charge is 2.26. The molecule has 1 aliphatic heterocycles. The zero-order chi connectivity index (χ0) is 13.6. The fourth-order valence-corrected chi connectivity index (χ4v) is 2.96. The summed E-state index contributed by atoms with van der Waals surface area (Å²) < 4.78 is 29.0. The molecule has 2 aromatic rings. The lowest BCUT2D eigenvalue weighted by molar-refractivity contribution is 0.266. The van der Waals surface area contributed by atoms with E-state index in [9.17, 15) is 8.78 Å². The fourth-order valence-electron chi connectivity index (χ4n) is 2.96. The number of fused-ring (bicyclic) bond motifs is 1. The van der Waals surface area contributed by atoms with Crippen LogP contribution in [0.1, 0.15) is 26.3 Å². The van der Waals surface area contributed by atoms with E-state index < -0.39 is 11.6 Å². The molecule has 2 nitrogen and oxygen atoms in total. The van der Waals surface area contributed by atoms with Crippen LogP contribution in [0, 0.1) is 11.6 Å². The van der Waals surface area contributed by atoms with Gasteiger partial charge in [-0.3, -0.25) is 4.90 Å². The predicted octanol–water partition coefficient (Wildman–Crippen LogP) is 3.57. The van der Waals surface area contributed by atoms with E-state index in [-0.39, 0.29) is 0 Å². The molecule has 0 bridgehead atoms. The van der Waals surface area contributed by atoms with Gasteiger partial charge in [-0.15, -0.1) is 0 Å². The Bertz CT molecular complexity index is 603. The minimum Gasteiger partial charge on any atom is -0.343 e. The molecule has 1 atom stereocenters. The van der Waals surface area contributed by atoms with Gasteiger partial charge in [0.1, 0.15) is 0 Å². The number of halogens is 2. The summed E-state index contributed by atoms with van der Waals surface area (Å²) in [6, 6.07) is 5.44. The van der Waals surface area contributed by atoms with E-state index in [1.54, 1.807) is 12.1 Å². The van der Waals surface area contributed by atoms with E-state index in [4.69, 9.17) is 0 Å². The maximum Gasteiger partial charge on any atom is 0.168 e. The molecule has 19 heavy (non-hydrogen) atoms. The van der Waals surface area contributed by atoms with Crippen LogP contribution >= 0.6 is 0 Å². The zero-order valence-corrected chi connectivity index (χ0v) is 11.2. The Labute approximate surface area is 111 Å². The molecule has 1 aliphatic rings. The van der Waals surface area contributed by atoms with Crippen molar-refractivity contribution in [3.05, 3.63) is 36.0 Å². The maximum atomic E-state index is 13.7. The number of benzene rings is 1. The number of hydrogen-bond acceptors (Lipinski definition) is 1. The summed E-state index contributed by atoms with van der Waals surface area (Å²) in [7, 11) is 0. The van der Waals surface area contributed by atoms with Crippen LogP contribution in [-0.4, -0.2) is 28.6 Å². The number of hydrogen-bond donors (Lipinski definition) is 0. The van der Waals surface area contributed by atoms with Crippen LogP contribution in [0.4, 0.5) is 8.78 Å². The number of rotatable bonds is 2. The SMILES string of the molecule is CC(C)N1CCC(n2ccc3c(F)c(F)ccc32)C1. The van der Waals surface area contributed by atoms with E-state index in [0.29, 0.717) is 17.5 Å². The van der Waals surface area contributed by atoms with Gasteiger partial charge in [-0.05, 0) is 38.5 Å². The summed E-state index contributed by atoms with van der Waals surface area (Å²) >= 11 is 0. The van der Waals surface area contributed by atoms with Crippen molar-refractivity contribution in [1.29, 1.82) is 0 Å². The van der Waals surface area contributed by atoms with Crippen molar-refractivity contribution in [2.45, 2.75) is 32.4 Å².